The lowest BCUT2D eigenvalue weighted by Crippen LogP contribution is -2.34. The standard InChI is InChI=1S/C21H23NO6/c1-25-17-6-3-15(4-7-17)12-20(23)22(10-9-21(24)26-2)13-16-5-8-18-19(11-16)28-14-27-18/h3-8,11H,9-10,12-14H2,1-2H3. The molecule has 1 heterocycles. The summed E-state index contributed by atoms with van der Waals surface area (Å²) >= 11 is 0. The van der Waals surface area contributed by atoms with Crippen molar-refractivity contribution in [2.24, 2.45) is 0 Å². The fourth-order valence-electron chi connectivity index (χ4n) is 2.91. The number of carbonyl (C=O) groups excluding carboxylic acids is 2. The molecule has 7 nitrogen and oxygen atoms in total. The van der Waals surface area contributed by atoms with E-state index in [0.29, 0.717) is 18.0 Å². The van der Waals surface area contributed by atoms with Crippen molar-refractivity contribution in [2.45, 2.75) is 19.4 Å². The lowest BCUT2D eigenvalue weighted by atomic mass is 10.1. The molecule has 7 heteroatoms. The van der Waals surface area contributed by atoms with E-state index in [1.54, 1.807) is 12.0 Å². The van der Waals surface area contributed by atoms with Gasteiger partial charge in [0.1, 0.15) is 5.75 Å². The van der Waals surface area contributed by atoms with E-state index in [1.807, 2.05) is 42.5 Å². The molecule has 0 spiro atoms. The Morgan fingerprint density at radius 3 is 2.43 bits per heavy atom. The first kappa shape index (κ1) is 19.5. The molecule has 0 unspecified atom stereocenters. The van der Waals surface area contributed by atoms with Crippen molar-refractivity contribution in [3.05, 3.63) is 53.6 Å². The number of esters is 1. The van der Waals surface area contributed by atoms with Gasteiger partial charge in [0.25, 0.3) is 0 Å². The van der Waals surface area contributed by atoms with E-state index < -0.39 is 0 Å². The number of hydrogen-bond acceptors (Lipinski definition) is 6. The second-order valence-corrected chi connectivity index (χ2v) is 6.35. The van der Waals surface area contributed by atoms with Gasteiger partial charge < -0.3 is 23.8 Å². The molecule has 0 aromatic heterocycles. The van der Waals surface area contributed by atoms with Crippen molar-refractivity contribution in [3.8, 4) is 17.2 Å². The van der Waals surface area contributed by atoms with Crippen molar-refractivity contribution < 1.29 is 28.5 Å². The van der Waals surface area contributed by atoms with E-state index in [0.717, 1.165) is 16.9 Å². The van der Waals surface area contributed by atoms with Crippen LogP contribution in [0.3, 0.4) is 0 Å². The predicted molar refractivity (Wildman–Crippen MR) is 101 cm³/mol. The maximum Gasteiger partial charge on any atom is 0.307 e. The summed E-state index contributed by atoms with van der Waals surface area (Å²) in [5, 5.41) is 0. The van der Waals surface area contributed by atoms with Crippen molar-refractivity contribution in [2.75, 3.05) is 27.6 Å². The Bertz CT molecular complexity index is 833. The number of fused-ring (bicyclic) bond motifs is 1. The van der Waals surface area contributed by atoms with Crippen molar-refractivity contribution in [1.29, 1.82) is 0 Å². The van der Waals surface area contributed by atoms with E-state index in [2.05, 4.69) is 0 Å². The van der Waals surface area contributed by atoms with E-state index >= 15 is 0 Å². The van der Waals surface area contributed by atoms with Gasteiger partial charge in [-0.3, -0.25) is 9.59 Å². The minimum Gasteiger partial charge on any atom is -0.497 e. The van der Waals surface area contributed by atoms with Crippen LogP contribution in [-0.4, -0.2) is 44.3 Å². The highest BCUT2D eigenvalue weighted by atomic mass is 16.7. The largest absolute Gasteiger partial charge is 0.497 e. The van der Waals surface area contributed by atoms with Crippen LogP contribution in [0.15, 0.2) is 42.5 Å². The van der Waals surface area contributed by atoms with Crippen LogP contribution in [0, 0.1) is 0 Å². The van der Waals surface area contributed by atoms with Gasteiger partial charge in [-0.1, -0.05) is 18.2 Å². The summed E-state index contributed by atoms with van der Waals surface area (Å²) in [4.78, 5) is 26.1. The SMILES string of the molecule is COC(=O)CCN(Cc1ccc2c(c1)OCO2)C(=O)Cc1ccc(OC)cc1. The quantitative estimate of drug-likeness (QED) is 0.650. The summed E-state index contributed by atoms with van der Waals surface area (Å²) in [6.07, 6.45) is 0.366. The molecule has 0 aliphatic carbocycles. The summed E-state index contributed by atoms with van der Waals surface area (Å²) < 4.78 is 20.6. The zero-order chi connectivity index (χ0) is 19.9. The highest BCUT2D eigenvalue weighted by Crippen LogP contribution is 2.32. The van der Waals surface area contributed by atoms with E-state index in [4.69, 9.17) is 18.9 Å². The Kier molecular flexibility index (Phi) is 6.37. The Labute approximate surface area is 163 Å². The zero-order valence-electron chi connectivity index (χ0n) is 16.0. The minimum absolute atomic E-state index is 0.0771. The number of rotatable bonds is 8. The van der Waals surface area contributed by atoms with Crippen LogP contribution >= 0.6 is 0 Å². The molecular formula is C21H23NO6. The average molecular weight is 385 g/mol. The molecule has 3 rings (SSSR count). The Morgan fingerprint density at radius 1 is 1.00 bits per heavy atom. The molecule has 1 amide bonds. The average Bonchev–Trinajstić information content (AvgIpc) is 3.19. The van der Waals surface area contributed by atoms with Gasteiger partial charge in [0.2, 0.25) is 12.7 Å². The molecule has 1 aliphatic rings. The van der Waals surface area contributed by atoms with Gasteiger partial charge in [-0.2, -0.15) is 0 Å². The smallest absolute Gasteiger partial charge is 0.307 e. The van der Waals surface area contributed by atoms with Crippen molar-refractivity contribution in [3.63, 3.8) is 0 Å². The van der Waals surface area contributed by atoms with Gasteiger partial charge in [0, 0.05) is 13.1 Å². The van der Waals surface area contributed by atoms with Crippen molar-refractivity contribution >= 4 is 11.9 Å². The maximum atomic E-state index is 12.9. The van der Waals surface area contributed by atoms with Crippen LogP contribution in [0.4, 0.5) is 0 Å². The predicted octanol–water partition coefficient (Wildman–Crippen LogP) is 2.56. The molecule has 2 aromatic carbocycles. The fourth-order valence-corrected chi connectivity index (χ4v) is 2.91. The van der Waals surface area contributed by atoms with Gasteiger partial charge >= 0.3 is 5.97 Å². The van der Waals surface area contributed by atoms with Crippen LogP contribution in [0.1, 0.15) is 17.5 Å². The normalized spacial score (nSPS) is 11.8. The minimum atomic E-state index is -0.354. The second kappa shape index (κ2) is 9.12. The molecule has 1 aliphatic heterocycles. The maximum absolute atomic E-state index is 12.9. The summed E-state index contributed by atoms with van der Waals surface area (Å²) in [5.41, 5.74) is 1.77. The number of methoxy groups -OCH3 is 2. The van der Waals surface area contributed by atoms with Crippen LogP contribution < -0.4 is 14.2 Å². The molecule has 0 atom stereocenters. The molecule has 0 radical (unpaired) electrons. The van der Waals surface area contributed by atoms with Crippen LogP contribution in [0.25, 0.3) is 0 Å². The summed E-state index contributed by atoms with van der Waals surface area (Å²) in [6.45, 7) is 0.833. The highest BCUT2D eigenvalue weighted by molar-refractivity contribution is 5.79. The number of hydrogen-bond donors (Lipinski definition) is 0. The summed E-state index contributed by atoms with van der Waals surface area (Å²) in [6, 6.07) is 12.9. The van der Waals surface area contributed by atoms with E-state index in [-0.39, 0.29) is 38.1 Å². The topological polar surface area (TPSA) is 74.3 Å². The first-order valence-electron chi connectivity index (χ1n) is 8.95. The highest BCUT2D eigenvalue weighted by Gasteiger charge is 2.19. The molecular weight excluding hydrogens is 362 g/mol. The number of carbonyl (C=O) groups is 2. The van der Waals surface area contributed by atoms with E-state index in [1.165, 1.54) is 7.11 Å². The van der Waals surface area contributed by atoms with Crippen LogP contribution in [0.2, 0.25) is 0 Å². The number of amides is 1. The van der Waals surface area contributed by atoms with Crippen LogP contribution in [-0.2, 0) is 27.3 Å². The molecule has 28 heavy (non-hydrogen) atoms. The van der Waals surface area contributed by atoms with Gasteiger partial charge in [0.05, 0.1) is 27.1 Å². The Hall–Kier alpha value is -3.22. The van der Waals surface area contributed by atoms with E-state index in [9.17, 15) is 9.59 Å². The summed E-state index contributed by atoms with van der Waals surface area (Å²) in [5.74, 6) is 1.65. The number of nitrogens with zero attached hydrogens (tertiary/aromatic N) is 1. The van der Waals surface area contributed by atoms with Gasteiger partial charge in [-0.25, -0.2) is 0 Å². The molecule has 0 saturated carbocycles. The van der Waals surface area contributed by atoms with Crippen molar-refractivity contribution in [1.82, 2.24) is 4.90 Å². The summed E-state index contributed by atoms with van der Waals surface area (Å²) in [7, 11) is 2.93. The first-order valence-corrected chi connectivity index (χ1v) is 8.95. The molecule has 2 aromatic rings. The number of ether oxygens (including phenoxy) is 4. The van der Waals surface area contributed by atoms with Gasteiger partial charge in [-0.05, 0) is 35.4 Å². The lowest BCUT2D eigenvalue weighted by Gasteiger charge is -2.23. The third-order valence-electron chi connectivity index (χ3n) is 4.49. The third kappa shape index (κ3) is 4.94. The molecule has 0 fully saturated rings. The zero-order valence-corrected chi connectivity index (χ0v) is 16.0. The first-order chi connectivity index (χ1) is 13.6. The second-order valence-electron chi connectivity index (χ2n) is 6.35. The van der Waals surface area contributed by atoms with Gasteiger partial charge in [-0.15, -0.1) is 0 Å². The molecule has 0 bridgehead atoms. The number of benzene rings is 2. The fraction of sp³-hybridized carbons (Fsp3) is 0.333. The lowest BCUT2D eigenvalue weighted by molar-refractivity contribution is -0.141. The molecule has 148 valence electrons. The molecule has 0 saturated heterocycles. The third-order valence-corrected chi connectivity index (χ3v) is 4.49. The molecule has 0 N–H and O–H groups in total. The Balaban J connectivity index is 1.71. The van der Waals surface area contributed by atoms with Crippen LogP contribution in [0.5, 0.6) is 17.2 Å². The van der Waals surface area contributed by atoms with Gasteiger partial charge in [0.15, 0.2) is 11.5 Å². The monoisotopic (exact) mass is 385 g/mol. The Morgan fingerprint density at radius 2 is 1.71 bits per heavy atom.